The number of nitrogens with two attached hydrogens (primary N) is 1. The zero-order valence-electron chi connectivity index (χ0n) is 13.4. The molecule has 2 rings (SSSR count). The summed E-state index contributed by atoms with van der Waals surface area (Å²) in [5.41, 5.74) is 9.00. The van der Waals surface area contributed by atoms with Crippen molar-refractivity contribution < 1.29 is 0 Å². The van der Waals surface area contributed by atoms with E-state index >= 15 is 0 Å². The summed E-state index contributed by atoms with van der Waals surface area (Å²) in [5, 5.41) is 0. The Morgan fingerprint density at radius 2 is 2.00 bits per heavy atom. The number of likely N-dealkylation sites (tertiary alicyclic amines) is 1. The lowest BCUT2D eigenvalue weighted by molar-refractivity contribution is 0.0222. The van der Waals surface area contributed by atoms with Crippen molar-refractivity contribution in [3.63, 3.8) is 0 Å². The van der Waals surface area contributed by atoms with Gasteiger partial charge in [-0.25, -0.2) is 0 Å². The van der Waals surface area contributed by atoms with E-state index in [-0.39, 0.29) is 5.54 Å². The number of piperidine rings is 1. The Kier molecular flexibility index (Phi) is 4.84. The quantitative estimate of drug-likeness (QED) is 0.914. The van der Waals surface area contributed by atoms with E-state index < -0.39 is 0 Å². The zero-order chi connectivity index (χ0) is 14.8. The Morgan fingerprint density at radius 3 is 2.55 bits per heavy atom. The first-order valence-corrected chi connectivity index (χ1v) is 7.64. The molecule has 112 valence electrons. The topological polar surface area (TPSA) is 32.5 Å². The first-order valence-electron chi connectivity index (χ1n) is 7.64. The van der Waals surface area contributed by atoms with E-state index in [1.165, 1.54) is 11.1 Å². The van der Waals surface area contributed by atoms with Crippen LogP contribution < -0.4 is 5.73 Å². The van der Waals surface area contributed by atoms with Gasteiger partial charge in [-0.15, -0.1) is 0 Å². The van der Waals surface area contributed by atoms with E-state index in [0.717, 1.165) is 32.5 Å². The molecule has 0 aromatic heterocycles. The highest BCUT2D eigenvalue weighted by molar-refractivity contribution is 5.21. The molecule has 0 radical (unpaired) electrons. The van der Waals surface area contributed by atoms with Gasteiger partial charge in [0.2, 0.25) is 0 Å². The summed E-state index contributed by atoms with van der Waals surface area (Å²) in [7, 11) is 4.44. The van der Waals surface area contributed by atoms with Crippen LogP contribution in [0.4, 0.5) is 0 Å². The van der Waals surface area contributed by atoms with Gasteiger partial charge in [-0.1, -0.05) is 29.8 Å². The molecule has 2 N–H and O–H groups in total. The van der Waals surface area contributed by atoms with Crippen molar-refractivity contribution in [1.82, 2.24) is 9.80 Å². The average molecular weight is 275 g/mol. The van der Waals surface area contributed by atoms with Crippen molar-refractivity contribution in [2.45, 2.75) is 44.8 Å². The van der Waals surface area contributed by atoms with E-state index in [1.807, 2.05) is 0 Å². The Hall–Kier alpha value is -0.900. The van der Waals surface area contributed by atoms with Crippen LogP contribution in [-0.4, -0.2) is 48.6 Å². The number of aryl methyl sites for hydroxylation is 1. The molecule has 3 nitrogen and oxygen atoms in total. The number of benzene rings is 1. The minimum Gasteiger partial charge on any atom is -0.329 e. The van der Waals surface area contributed by atoms with Crippen LogP contribution in [-0.2, 0) is 6.54 Å². The fourth-order valence-electron chi connectivity index (χ4n) is 3.24. The molecule has 1 aromatic rings. The molecular formula is C17H29N3. The molecule has 1 aliphatic heterocycles. The number of rotatable bonds is 4. The van der Waals surface area contributed by atoms with E-state index in [9.17, 15) is 0 Å². The predicted molar refractivity (Wildman–Crippen MR) is 85.8 cm³/mol. The SMILES string of the molecule is Cc1ccc(CN(C)C2(CN)CCN(C)C(C)C2)cc1. The van der Waals surface area contributed by atoms with Crippen LogP contribution in [0.5, 0.6) is 0 Å². The monoisotopic (exact) mass is 275 g/mol. The lowest BCUT2D eigenvalue weighted by atomic mass is 9.82. The Labute approximate surface area is 123 Å². The molecule has 1 aromatic carbocycles. The van der Waals surface area contributed by atoms with Crippen molar-refractivity contribution in [2.75, 3.05) is 27.2 Å². The fourth-order valence-corrected chi connectivity index (χ4v) is 3.24. The summed E-state index contributed by atoms with van der Waals surface area (Å²) in [6, 6.07) is 9.45. The highest BCUT2D eigenvalue weighted by atomic mass is 15.2. The Bertz CT molecular complexity index is 428. The largest absolute Gasteiger partial charge is 0.329 e. The first-order chi connectivity index (χ1) is 9.47. The molecule has 1 saturated heterocycles. The van der Waals surface area contributed by atoms with Gasteiger partial charge in [0.25, 0.3) is 0 Å². The van der Waals surface area contributed by atoms with Crippen LogP contribution in [0, 0.1) is 6.92 Å². The highest BCUT2D eigenvalue weighted by Crippen LogP contribution is 2.31. The highest BCUT2D eigenvalue weighted by Gasteiger charge is 2.39. The third-order valence-electron chi connectivity index (χ3n) is 5.09. The second-order valence-electron chi connectivity index (χ2n) is 6.55. The average Bonchev–Trinajstić information content (AvgIpc) is 2.44. The van der Waals surface area contributed by atoms with Crippen LogP contribution in [0.2, 0.25) is 0 Å². The first kappa shape index (κ1) is 15.5. The summed E-state index contributed by atoms with van der Waals surface area (Å²) < 4.78 is 0. The summed E-state index contributed by atoms with van der Waals surface area (Å²) in [6.07, 6.45) is 2.31. The van der Waals surface area contributed by atoms with Crippen molar-refractivity contribution in [2.24, 2.45) is 5.73 Å². The van der Waals surface area contributed by atoms with Gasteiger partial charge < -0.3 is 10.6 Å². The molecule has 1 fully saturated rings. The van der Waals surface area contributed by atoms with Crippen molar-refractivity contribution in [1.29, 1.82) is 0 Å². The van der Waals surface area contributed by atoms with E-state index in [0.29, 0.717) is 6.04 Å². The molecular weight excluding hydrogens is 246 g/mol. The molecule has 2 unspecified atom stereocenters. The number of likely N-dealkylation sites (N-methyl/N-ethyl adjacent to an activating group) is 1. The summed E-state index contributed by atoms with van der Waals surface area (Å²) in [5.74, 6) is 0. The maximum absolute atomic E-state index is 6.16. The number of nitrogens with zero attached hydrogens (tertiary/aromatic N) is 2. The molecule has 3 heteroatoms. The van der Waals surface area contributed by atoms with Crippen molar-refractivity contribution >= 4 is 0 Å². The molecule has 1 heterocycles. The van der Waals surface area contributed by atoms with Crippen LogP contribution in [0.1, 0.15) is 30.9 Å². The molecule has 2 atom stereocenters. The summed E-state index contributed by atoms with van der Waals surface area (Å²) in [6.45, 7) is 7.30. The maximum Gasteiger partial charge on any atom is 0.0359 e. The molecule has 0 aliphatic carbocycles. The van der Waals surface area contributed by atoms with Gasteiger partial charge in [0.15, 0.2) is 0 Å². The predicted octanol–water partition coefficient (Wildman–Crippen LogP) is 2.24. The summed E-state index contributed by atoms with van der Waals surface area (Å²) >= 11 is 0. The van der Waals surface area contributed by atoms with Crippen LogP contribution >= 0.6 is 0 Å². The third kappa shape index (κ3) is 3.22. The summed E-state index contributed by atoms with van der Waals surface area (Å²) in [4.78, 5) is 4.91. The number of hydrogen-bond donors (Lipinski definition) is 1. The normalized spacial score (nSPS) is 28.0. The van der Waals surface area contributed by atoms with Crippen molar-refractivity contribution in [3.05, 3.63) is 35.4 Å². The molecule has 20 heavy (non-hydrogen) atoms. The Balaban J connectivity index is 2.09. The smallest absolute Gasteiger partial charge is 0.0359 e. The van der Waals surface area contributed by atoms with E-state index in [2.05, 4.69) is 62.0 Å². The second kappa shape index (κ2) is 6.25. The van der Waals surface area contributed by atoms with Crippen molar-refractivity contribution in [3.8, 4) is 0 Å². The molecule has 0 saturated carbocycles. The van der Waals surface area contributed by atoms with Crippen LogP contribution in [0.25, 0.3) is 0 Å². The fraction of sp³-hybridized carbons (Fsp3) is 0.647. The van der Waals surface area contributed by atoms with Gasteiger partial charge in [-0.05, 0) is 52.9 Å². The standard InChI is InChI=1S/C17H29N3/c1-14-5-7-16(8-6-14)12-20(4)17(13-18)9-10-19(3)15(2)11-17/h5-8,15H,9-13,18H2,1-4H3. The minimum absolute atomic E-state index is 0.150. The van der Waals surface area contributed by atoms with Gasteiger partial charge in [-0.2, -0.15) is 0 Å². The van der Waals surface area contributed by atoms with Crippen LogP contribution in [0.3, 0.4) is 0 Å². The molecule has 0 bridgehead atoms. The van der Waals surface area contributed by atoms with E-state index in [4.69, 9.17) is 5.73 Å². The third-order valence-corrected chi connectivity index (χ3v) is 5.09. The van der Waals surface area contributed by atoms with Gasteiger partial charge >= 0.3 is 0 Å². The van der Waals surface area contributed by atoms with Gasteiger partial charge in [-0.3, -0.25) is 4.90 Å². The molecule has 1 aliphatic rings. The van der Waals surface area contributed by atoms with Crippen LogP contribution in [0.15, 0.2) is 24.3 Å². The lowest BCUT2D eigenvalue weighted by Crippen LogP contribution is -2.59. The van der Waals surface area contributed by atoms with Gasteiger partial charge in [0, 0.05) is 24.7 Å². The number of hydrogen-bond acceptors (Lipinski definition) is 3. The van der Waals surface area contributed by atoms with E-state index in [1.54, 1.807) is 0 Å². The minimum atomic E-state index is 0.150. The second-order valence-corrected chi connectivity index (χ2v) is 6.55. The lowest BCUT2D eigenvalue weighted by Gasteiger charge is -2.49. The zero-order valence-corrected chi connectivity index (χ0v) is 13.4. The van der Waals surface area contributed by atoms with Gasteiger partial charge in [0.05, 0.1) is 0 Å². The van der Waals surface area contributed by atoms with Gasteiger partial charge in [0.1, 0.15) is 0 Å². The Morgan fingerprint density at radius 1 is 1.35 bits per heavy atom. The molecule has 0 spiro atoms. The molecule has 0 amide bonds. The maximum atomic E-state index is 6.16.